The number of hydrogen-bond acceptors (Lipinski definition) is 3. The highest BCUT2D eigenvalue weighted by Gasteiger charge is 2.66. The van der Waals surface area contributed by atoms with Gasteiger partial charge < -0.3 is 11.1 Å². The first-order valence-electron chi connectivity index (χ1n) is 4.74. The molecule has 0 radical (unpaired) electrons. The minimum atomic E-state index is -0.550. The van der Waals surface area contributed by atoms with Crippen LogP contribution in [0.2, 0.25) is 0 Å². The van der Waals surface area contributed by atoms with Gasteiger partial charge in [0.15, 0.2) is 5.78 Å². The molecule has 0 aromatic heterocycles. The molecule has 14 heavy (non-hydrogen) atoms. The Labute approximate surface area is 80.0 Å². The van der Waals surface area contributed by atoms with Gasteiger partial charge in [-0.05, 0) is 12.3 Å². The smallest absolute Gasteiger partial charge is 0.224 e. The second kappa shape index (κ2) is 2.16. The molecule has 2 amide bonds. The van der Waals surface area contributed by atoms with Gasteiger partial charge in [0.05, 0.1) is 17.9 Å². The summed E-state index contributed by atoms with van der Waals surface area (Å²) >= 11 is 0. The van der Waals surface area contributed by atoms with E-state index in [-0.39, 0.29) is 35.5 Å². The van der Waals surface area contributed by atoms with Gasteiger partial charge in [-0.25, -0.2) is 0 Å². The van der Waals surface area contributed by atoms with Gasteiger partial charge in [0.25, 0.3) is 0 Å². The van der Waals surface area contributed by atoms with Crippen LogP contribution in [0.15, 0.2) is 0 Å². The molecule has 5 atom stereocenters. The van der Waals surface area contributed by atoms with E-state index in [9.17, 15) is 14.4 Å². The third-order valence-electron chi connectivity index (χ3n) is 3.84. The van der Waals surface area contributed by atoms with Crippen LogP contribution in [0.25, 0.3) is 0 Å². The average molecular weight is 194 g/mol. The van der Waals surface area contributed by atoms with Crippen molar-refractivity contribution in [1.82, 2.24) is 5.32 Å². The van der Waals surface area contributed by atoms with Gasteiger partial charge in [-0.3, -0.25) is 14.4 Å². The largest absolute Gasteiger partial charge is 0.369 e. The first-order valence-corrected chi connectivity index (χ1v) is 4.74. The number of nitrogens with two attached hydrogens (primary N) is 1. The zero-order valence-corrected chi connectivity index (χ0v) is 7.40. The Bertz CT molecular complexity index is 365. The Kier molecular flexibility index (Phi) is 1.23. The Morgan fingerprint density at radius 1 is 1.43 bits per heavy atom. The van der Waals surface area contributed by atoms with Crippen LogP contribution < -0.4 is 11.1 Å². The summed E-state index contributed by atoms with van der Waals surface area (Å²) in [5.74, 6) is -1.83. The van der Waals surface area contributed by atoms with Crippen LogP contribution in [0.4, 0.5) is 0 Å². The van der Waals surface area contributed by atoms with Crippen molar-refractivity contribution in [3.05, 3.63) is 0 Å². The number of ketones is 1. The first-order chi connectivity index (χ1) is 6.61. The molecule has 2 aliphatic carbocycles. The van der Waals surface area contributed by atoms with Gasteiger partial charge in [0.1, 0.15) is 0 Å². The molecule has 1 heterocycles. The Morgan fingerprint density at radius 3 is 2.79 bits per heavy atom. The second-order valence-electron chi connectivity index (χ2n) is 4.35. The molecular weight excluding hydrogens is 184 g/mol. The molecule has 2 saturated carbocycles. The summed E-state index contributed by atoms with van der Waals surface area (Å²) in [4.78, 5) is 34.3. The predicted molar refractivity (Wildman–Crippen MR) is 44.7 cm³/mol. The van der Waals surface area contributed by atoms with Crippen LogP contribution in [0.1, 0.15) is 6.42 Å². The molecule has 1 aliphatic heterocycles. The van der Waals surface area contributed by atoms with Gasteiger partial charge in [0.2, 0.25) is 11.8 Å². The molecule has 0 spiro atoms. The standard InChI is InChI=1S/C9H10N2O3/c10-8(13)4-3-1-2-5(4)9(14)11-6(2)7(3)12/h2-6H,1H2,(H2,10,13)(H,11,14)/t2-,3-,4-,5+,6-/m0/s1. The minimum Gasteiger partial charge on any atom is -0.369 e. The van der Waals surface area contributed by atoms with Gasteiger partial charge in [-0.15, -0.1) is 0 Å². The molecule has 3 N–H and O–H groups in total. The van der Waals surface area contributed by atoms with Gasteiger partial charge >= 0.3 is 0 Å². The molecule has 3 aliphatic rings. The Balaban J connectivity index is 2.08. The fourth-order valence-electron chi connectivity index (χ4n) is 3.34. The number of nitrogens with one attached hydrogen (secondary N) is 1. The topological polar surface area (TPSA) is 89.3 Å². The van der Waals surface area contributed by atoms with Gasteiger partial charge in [-0.2, -0.15) is 0 Å². The Morgan fingerprint density at radius 2 is 2.14 bits per heavy atom. The number of rotatable bonds is 1. The van der Waals surface area contributed by atoms with Crippen LogP contribution in [0.5, 0.6) is 0 Å². The molecular formula is C9H10N2O3. The molecule has 5 nitrogen and oxygen atoms in total. The highest BCUT2D eigenvalue weighted by molar-refractivity contribution is 6.05. The summed E-state index contributed by atoms with van der Waals surface area (Å²) in [5, 5.41) is 2.65. The molecule has 5 heteroatoms. The van der Waals surface area contributed by atoms with E-state index in [0.29, 0.717) is 6.42 Å². The lowest BCUT2D eigenvalue weighted by Crippen LogP contribution is -2.41. The van der Waals surface area contributed by atoms with Crippen molar-refractivity contribution in [3.63, 3.8) is 0 Å². The third-order valence-corrected chi connectivity index (χ3v) is 3.84. The molecule has 3 rings (SSSR count). The number of primary amides is 1. The van der Waals surface area contributed by atoms with Crippen molar-refractivity contribution >= 4 is 17.6 Å². The lowest BCUT2D eigenvalue weighted by Gasteiger charge is -2.21. The van der Waals surface area contributed by atoms with E-state index in [1.807, 2.05) is 0 Å². The molecule has 74 valence electrons. The summed E-state index contributed by atoms with van der Waals surface area (Å²) in [6, 6.07) is -0.326. The summed E-state index contributed by atoms with van der Waals surface area (Å²) in [6.07, 6.45) is 0.653. The van der Waals surface area contributed by atoms with Crippen molar-refractivity contribution in [2.75, 3.05) is 0 Å². The average Bonchev–Trinajstić information content (AvgIpc) is 2.67. The third kappa shape index (κ3) is 0.657. The molecule has 0 unspecified atom stereocenters. The number of Topliss-reactive ketones (excluding diaryl/α,β-unsaturated/α-hetero) is 1. The highest BCUT2D eigenvalue weighted by atomic mass is 16.2. The molecule has 0 aromatic rings. The van der Waals surface area contributed by atoms with E-state index < -0.39 is 11.8 Å². The number of carbonyl (C=O) groups excluding carboxylic acids is 3. The van der Waals surface area contributed by atoms with E-state index >= 15 is 0 Å². The Hall–Kier alpha value is -1.39. The summed E-state index contributed by atoms with van der Waals surface area (Å²) in [7, 11) is 0. The van der Waals surface area contributed by atoms with Crippen LogP contribution in [0.3, 0.4) is 0 Å². The van der Waals surface area contributed by atoms with Crippen LogP contribution >= 0.6 is 0 Å². The molecule has 0 aromatic carbocycles. The van der Waals surface area contributed by atoms with E-state index in [1.54, 1.807) is 0 Å². The first kappa shape index (κ1) is 7.96. The van der Waals surface area contributed by atoms with E-state index in [2.05, 4.69) is 5.32 Å². The van der Waals surface area contributed by atoms with Gasteiger partial charge in [0, 0.05) is 5.92 Å². The van der Waals surface area contributed by atoms with Crippen LogP contribution in [-0.4, -0.2) is 23.6 Å². The molecule has 2 bridgehead atoms. The lowest BCUT2D eigenvalue weighted by molar-refractivity contribution is -0.134. The van der Waals surface area contributed by atoms with E-state index in [4.69, 9.17) is 5.73 Å². The van der Waals surface area contributed by atoms with E-state index in [1.165, 1.54) is 0 Å². The van der Waals surface area contributed by atoms with E-state index in [0.717, 1.165) is 0 Å². The summed E-state index contributed by atoms with van der Waals surface area (Å²) in [5.41, 5.74) is 5.22. The van der Waals surface area contributed by atoms with Crippen LogP contribution in [0, 0.1) is 23.7 Å². The monoisotopic (exact) mass is 194 g/mol. The maximum absolute atomic E-state index is 11.7. The zero-order valence-electron chi connectivity index (χ0n) is 7.40. The predicted octanol–water partition coefficient (Wildman–Crippen LogP) is -1.58. The van der Waals surface area contributed by atoms with Crippen molar-refractivity contribution in [2.45, 2.75) is 12.5 Å². The van der Waals surface area contributed by atoms with Crippen molar-refractivity contribution in [1.29, 1.82) is 0 Å². The molecule has 1 saturated heterocycles. The summed E-state index contributed by atoms with van der Waals surface area (Å²) in [6.45, 7) is 0. The summed E-state index contributed by atoms with van der Waals surface area (Å²) < 4.78 is 0. The van der Waals surface area contributed by atoms with Crippen molar-refractivity contribution in [3.8, 4) is 0 Å². The zero-order chi connectivity index (χ0) is 10.0. The number of amides is 2. The van der Waals surface area contributed by atoms with Crippen molar-refractivity contribution in [2.24, 2.45) is 29.4 Å². The minimum absolute atomic E-state index is 0.000833. The number of hydrogen-bond donors (Lipinski definition) is 2. The van der Waals surface area contributed by atoms with Crippen LogP contribution in [-0.2, 0) is 14.4 Å². The second-order valence-corrected chi connectivity index (χ2v) is 4.35. The maximum atomic E-state index is 11.7. The fraction of sp³-hybridized carbons (Fsp3) is 0.667. The number of carbonyl (C=O) groups is 3. The highest BCUT2D eigenvalue weighted by Crippen LogP contribution is 2.53. The normalized spacial score (nSPS) is 48.4. The fourth-order valence-corrected chi connectivity index (χ4v) is 3.34. The SMILES string of the molecule is NC(=O)[C@@H]1[C@@H]2C(=O)N[C@@H]3C(=O)[C@H]1C[C@@H]23. The van der Waals surface area contributed by atoms with Crippen molar-refractivity contribution < 1.29 is 14.4 Å². The maximum Gasteiger partial charge on any atom is 0.224 e. The molecule has 3 fully saturated rings. The quantitative estimate of drug-likeness (QED) is 0.528. The lowest BCUT2D eigenvalue weighted by atomic mass is 9.79. The number of fused-ring (bicyclic) bond motifs is 1. The van der Waals surface area contributed by atoms with Gasteiger partial charge in [-0.1, -0.05) is 0 Å².